The molecule has 0 atom stereocenters. The number of hydrogen-bond acceptors (Lipinski definition) is 12. The Hall–Kier alpha value is -6.36. The highest BCUT2D eigenvalue weighted by molar-refractivity contribution is 5.92. The first-order chi connectivity index (χ1) is 35.4. The van der Waals surface area contributed by atoms with E-state index in [0.29, 0.717) is 132 Å². The summed E-state index contributed by atoms with van der Waals surface area (Å²) in [5.74, 6) is 0. The minimum absolute atomic E-state index is 0.0891. The van der Waals surface area contributed by atoms with E-state index in [1.807, 2.05) is 112 Å². The first kappa shape index (κ1) is 45.5. The van der Waals surface area contributed by atoms with Gasteiger partial charge in [0.25, 0.3) is 0 Å². The van der Waals surface area contributed by atoms with Crippen molar-refractivity contribution in [2.24, 2.45) is 0 Å². The molecular weight excluding hydrogens is 913 g/mol. The Morgan fingerprint density at radius 1 is 0.264 bits per heavy atom. The molecular formula is C52H64N16O4. The molecule has 4 N–H and O–H groups in total. The van der Waals surface area contributed by atoms with Gasteiger partial charge in [-0.15, -0.1) is 0 Å². The van der Waals surface area contributed by atoms with E-state index in [-0.39, 0.29) is 24.1 Å². The highest BCUT2D eigenvalue weighted by Gasteiger charge is 2.84. The van der Waals surface area contributed by atoms with Crippen molar-refractivity contribution in [2.45, 2.75) is 22.7 Å². The number of urea groups is 4. The molecule has 4 aromatic rings. The molecule has 20 nitrogen and oxygen atoms in total. The predicted octanol–water partition coefficient (Wildman–Crippen LogP) is 1.64. The molecule has 72 heavy (non-hydrogen) atoms. The summed E-state index contributed by atoms with van der Waals surface area (Å²) in [7, 11) is 0. The smallest absolute Gasteiger partial charge is 0.314 e. The Morgan fingerprint density at radius 2 is 0.444 bits per heavy atom. The van der Waals surface area contributed by atoms with Crippen LogP contribution in [-0.4, -0.2) is 215 Å². The molecule has 12 bridgehead atoms. The monoisotopic (exact) mass is 977 g/mol. The van der Waals surface area contributed by atoms with Crippen LogP contribution in [0.3, 0.4) is 0 Å². The van der Waals surface area contributed by atoms with E-state index in [9.17, 15) is 0 Å². The van der Waals surface area contributed by atoms with Crippen LogP contribution in [0.15, 0.2) is 121 Å². The number of benzene rings is 4. The van der Waals surface area contributed by atoms with E-state index in [2.05, 4.69) is 89.4 Å². The Labute approximate surface area is 420 Å². The summed E-state index contributed by atoms with van der Waals surface area (Å²) < 4.78 is 0. The van der Waals surface area contributed by atoms with Gasteiger partial charge in [-0.05, 0) is 0 Å². The van der Waals surface area contributed by atoms with Gasteiger partial charge in [0.15, 0.2) is 22.7 Å². The van der Waals surface area contributed by atoms with Gasteiger partial charge in [0.2, 0.25) is 0 Å². The van der Waals surface area contributed by atoms with Crippen LogP contribution >= 0.6 is 0 Å². The van der Waals surface area contributed by atoms with Crippen molar-refractivity contribution >= 4 is 24.1 Å². The van der Waals surface area contributed by atoms with Gasteiger partial charge in [-0.3, -0.25) is 58.8 Å². The zero-order valence-electron chi connectivity index (χ0n) is 40.7. The van der Waals surface area contributed by atoms with Crippen molar-refractivity contribution in [1.29, 1.82) is 0 Å². The quantitative estimate of drug-likeness (QED) is 0.235. The number of carbonyl (C=O) groups is 4. The molecule has 0 aromatic heterocycles. The fraction of sp³-hybridized carbons (Fsp3) is 0.462. The standard InChI is InChI=1S/C52H64N16O4/c69-45-61-33-57-29-25-53-21-22-55-27-31-59-37-65-47(71)67-39-60(40-68-48(72)66(38-59)51(65,43-17-9-3-10-18-43)52(67,68)44-19-11-4-12-20-44)32-28-56-24-23-54-26-30-58-35-63(45)50(42-15-7-2-8-16-42)49(61,41-13-5-1-6-14-41)62(34-57)46(70)64(50)36-58/h1-20,53-56H,21-40H2. The van der Waals surface area contributed by atoms with Gasteiger partial charge >= 0.3 is 24.1 Å². The van der Waals surface area contributed by atoms with E-state index in [1.54, 1.807) is 0 Å². The third kappa shape index (κ3) is 6.14. The fourth-order valence-corrected chi connectivity index (χ4v) is 14.0. The second-order valence-corrected chi connectivity index (χ2v) is 20.4. The lowest BCUT2D eigenvalue weighted by atomic mass is 9.79. The van der Waals surface area contributed by atoms with Crippen LogP contribution in [0.4, 0.5) is 19.2 Å². The Bertz CT molecular complexity index is 2260. The van der Waals surface area contributed by atoms with Gasteiger partial charge in [0.05, 0.1) is 53.3 Å². The van der Waals surface area contributed by atoms with Crippen molar-refractivity contribution in [1.82, 2.24) is 80.1 Å². The molecule has 16 rings (SSSR count). The number of nitrogens with one attached hydrogen (secondary N) is 4. The largest absolute Gasteiger partial charge is 0.326 e. The summed E-state index contributed by atoms with van der Waals surface area (Å²) in [6.07, 6.45) is 0. The summed E-state index contributed by atoms with van der Waals surface area (Å²) in [6.45, 7) is 10.9. The number of hydrogen-bond donors (Lipinski definition) is 4. The molecule has 12 aliphatic rings. The van der Waals surface area contributed by atoms with Crippen molar-refractivity contribution in [3.8, 4) is 0 Å². The maximum Gasteiger partial charge on any atom is 0.326 e. The molecule has 0 spiro atoms. The molecule has 12 aliphatic heterocycles. The van der Waals surface area contributed by atoms with Crippen molar-refractivity contribution in [2.75, 3.05) is 132 Å². The van der Waals surface area contributed by atoms with Crippen LogP contribution in [0.5, 0.6) is 0 Å². The van der Waals surface area contributed by atoms with Crippen LogP contribution in [0.25, 0.3) is 0 Å². The van der Waals surface area contributed by atoms with Gasteiger partial charge in [-0.2, -0.15) is 0 Å². The van der Waals surface area contributed by atoms with Crippen LogP contribution in [0, 0.1) is 0 Å². The Morgan fingerprint density at radius 3 is 0.625 bits per heavy atom. The molecule has 0 unspecified atom stereocenters. The molecule has 8 amide bonds. The maximum absolute atomic E-state index is 15.2. The van der Waals surface area contributed by atoms with E-state index < -0.39 is 22.7 Å². The molecule has 0 aliphatic carbocycles. The van der Waals surface area contributed by atoms with Crippen LogP contribution in [0.1, 0.15) is 22.3 Å². The van der Waals surface area contributed by atoms with Crippen molar-refractivity contribution < 1.29 is 19.2 Å². The van der Waals surface area contributed by atoms with E-state index >= 15 is 19.2 Å². The molecule has 4 aromatic carbocycles. The minimum atomic E-state index is -1.09. The normalized spacial score (nSPS) is 34.0. The molecule has 20 heteroatoms. The third-order valence-electron chi connectivity index (χ3n) is 16.8. The number of carbonyl (C=O) groups excluding carboxylic acids is 4. The van der Waals surface area contributed by atoms with E-state index in [4.69, 9.17) is 0 Å². The van der Waals surface area contributed by atoms with Crippen molar-refractivity contribution in [3.05, 3.63) is 144 Å². The zero-order chi connectivity index (χ0) is 48.7. The number of nitrogens with zero attached hydrogens (tertiary/aromatic N) is 12. The Balaban J connectivity index is 0.773. The summed E-state index contributed by atoms with van der Waals surface area (Å²) in [4.78, 5) is 85.4. The van der Waals surface area contributed by atoms with Gasteiger partial charge in [-0.1, -0.05) is 121 Å². The molecule has 0 radical (unpaired) electrons. The first-order valence-corrected chi connectivity index (χ1v) is 25.7. The third-order valence-corrected chi connectivity index (χ3v) is 16.8. The SMILES string of the molecule is O=C1N2CN3CCNCCNCCN4CN5C(=O)N6CN(CCNCCNCCN7CN1C1(c8ccccc8)N(C7)C(=O)N(C3)C21c1ccccc1)CN1C(=O)N(C4)C5(c2ccccc2)C61c1ccccc1. The lowest BCUT2D eigenvalue weighted by Gasteiger charge is -2.55. The zero-order valence-corrected chi connectivity index (χ0v) is 40.7. The summed E-state index contributed by atoms with van der Waals surface area (Å²) in [5.41, 5.74) is -0.689. The molecule has 12 heterocycles. The van der Waals surface area contributed by atoms with Gasteiger partial charge < -0.3 is 21.3 Å². The highest BCUT2D eigenvalue weighted by atomic mass is 16.2. The summed E-state index contributed by atoms with van der Waals surface area (Å²) in [5, 5.41) is 14.4. The second-order valence-electron chi connectivity index (χ2n) is 20.4. The van der Waals surface area contributed by atoms with Gasteiger partial charge in [-0.25, -0.2) is 19.2 Å². The average molecular weight is 977 g/mol. The van der Waals surface area contributed by atoms with E-state index in [0.717, 1.165) is 22.3 Å². The molecule has 376 valence electrons. The minimum Gasteiger partial charge on any atom is -0.314 e. The topological polar surface area (TPSA) is 155 Å². The average Bonchev–Trinajstić information content (AvgIpc) is 3.99. The van der Waals surface area contributed by atoms with Crippen molar-refractivity contribution in [3.63, 3.8) is 0 Å². The lowest BCUT2D eigenvalue weighted by Crippen LogP contribution is -2.71. The van der Waals surface area contributed by atoms with Gasteiger partial charge in [0.1, 0.15) is 0 Å². The maximum atomic E-state index is 15.2. The molecule has 0 saturated carbocycles. The lowest BCUT2D eigenvalue weighted by molar-refractivity contribution is -0.159. The van der Waals surface area contributed by atoms with Crippen LogP contribution < -0.4 is 21.3 Å². The molecule has 12 fully saturated rings. The summed E-state index contributed by atoms with van der Waals surface area (Å²) in [6, 6.07) is 40.2. The predicted molar refractivity (Wildman–Crippen MR) is 266 cm³/mol. The Kier molecular flexibility index (Phi) is 11.2. The number of amides is 8. The van der Waals surface area contributed by atoms with Gasteiger partial charge in [0, 0.05) is 101 Å². The van der Waals surface area contributed by atoms with Crippen LogP contribution in [0.2, 0.25) is 0 Å². The molecule has 12 saturated heterocycles. The number of rotatable bonds is 4. The second kappa shape index (κ2) is 17.7. The highest BCUT2D eigenvalue weighted by Crippen LogP contribution is 2.66. The van der Waals surface area contributed by atoms with E-state index in [1.165, 1.54) is 0 Å². The van der Waals surface area contributed by atoms with Crippen LogP contribution in [-0.2, 0) is 22.7 Å². The first-order valence-electron chi connectivity index (χ1n) is 25.7. The summed E-state index contributed by atoms with van der Waals surface area (Å²) >= 11 is 0. The fourth-order valence-electron chi connectivity index (χ4n) is 14.0.